The van der Waals surface area contributed by atoms with Gasteiger partial charge in [-0.2, -0.15) is 0 Å². The van der Waals surface area contributed by atoms with Crippen molar-refractivity contribution in [2.45, 2.75) is 45.9 Å². The fourth-order valence-corrected chi connectivity index (χ4v) is 4.63. The van der Waals surface area contributed by atoms with E-state index in [0.717, 1.165) is 22.8 Å². The molecule has 0 aliphatic carbocycles. The highest BCUT2D eigenvalue weighted by Gasteiger charge is 2.33. The van der Waals surface area contributed by atoms with Crippen LogP contribution in [0.2, 0.25) is 0 Å². The number of aryl methyl sites for hydroxylation is 1. The van der Waals surface area contributed by atoms with Crippen LogP contribution in [0.25, 0.3) is 0 Å². The Morgan fingerprint density at radius 1 is 1.08 bits per heavy atom. The van der Waals surface area contributed by atoms with Gasteiger partial charge in [-0.1, -0.05) is 0 Å². The first kappa shape index (κ1) is 19.3. The van der Waals surface area contributed by atoms with E-state index in [1.54, 1.807) is 11.3 Å². The van der Waals surface area contributed by atoms with Crippen molar-refractivity contribution in [3.8, 4) is 0 Å². The predicted octanol–water partition coefficient (Wildman–Crippen LogP) is 1.84. The maximum Gasteiger partial charge on any atom is 0.264 e. The van der Waals surface area contributed by atoms with Crippen molar-refractivity contribution in [1.82, 2.24) is 14.7 Å². The number of morpholine rings is 1. The van der Waals surface area contributed by atoms with Crippen LogP contribution in [0.4, 0.5) is 0 Å². The minimum absolute atomic E-state index is 0.0821. The van der Waals surface area contributed by atoms with Crippen molar-refractivity contribution in [3.05, 3.63) is 21.9 Å². The van der Waals surface area contributed by atoms with Crippen LogP contribution in [0.5, 0.6) is 0 Å². The van der Waals surface area contributed by atoms with Crippen LogP contribution >= 0.6 is 11.3 Å². The maximum absolute atomic E-state index is 12.9. The zero-order valence-corrected chi connectivity index (χ0v) is 16.9. The Bertz CT molecular complexity index is 644. The van der Waals surface area contributed by atoms with Crippen LogP contribution in [0.15, 0.2) is 12.1 Å². The highest BCUT2D eigenvalue weighted by atomic mass is 32.1. The Balaban J connectivity index is 1.54. The molecule has 0 saturated carbocycles. The molecule has 6 nitrogen and oxygen atoms in total. The largest absolute Gasteiger partial charge is 0.372 e. The first-order valence-corrected chi connectivity index (χ1v) is 10.2. The summed E-state index contributed by atoms with van der Waals surface area (Å²) < 4.78 is 5.73. The molecule has 2 aliphatic heterocycles. The Labute approximate surface area is 159 Å². The van der Waals surface area contributed by atoms with Gasteiger partial charge in [0.25, 0.3) is 5.91 Å². The predicted molar refractivity (Wildman–Crippen MR) is 103 cm³/mol. The van der Waals surface area contributed by atoms with E-state index in [2.05, 4.69) is 4.90 Å². The molecule has 144 valence electrons. The molecule has 1 aromatic heterocycles. The highest BCUT2D eigenvalue weighted by molar-refractivity contribution is 7.13. The van der Waals surface area contributed by atoms with Gasteiger partial charge in [0.1, 0.15) is 0 Å². The molecule has 2 aliphatic rings. The van der Waals surface area contributed by atoms with Crippen LogP contribution in [0.1, 0.15) is 35.3 Å². The number of nitrogens with zero attached hydrogens (tertiary/aromatic N) is 3. The van der Waals surface area contributed by atoms with Crippen LogP contribution in [0, 0.1) is 6.92 Å². The molecule has 2 fully saturated rings. The smallest absolute Gasteiger partial charge is 0.264 e. The third kappa shape index (κ3) is 4.27. The molecule has 3 heterocycles. The van der Waals surface area contributed by atoms with Gasteiger partial charge in [0.15, 0.2) is 0 Å². The van der Waals surface area contributed by atoms with E-state index in [-0.39, 0.29) is 30.1 Å². The second kappa shape index (κ2) is 8.06. The van der Waals surface area contributed by atoms with Crippen molar-refractivity contribution in [3.63, 3.8) is 0 Å². The topological polar surface area (TPSA) is 53.1 Å². The average Bonchev–Trinajstić information content (AvgIpc) is 3.05. The second-order valence-corrected chi connectivity index (χ2v) is 8.70. The standard InChI is InChI=1S/C19H29N3O3S/c1-13-11-22(12-14(2)25-13)18(23)16(4)20-7-9-21(10-8-20)19(24)17-6-5-15(3)26-17/h5-6,13-14,16H,7-12H2,1-4H3. The van der Waals surface area contributed by atoms with E-state index >= 15 is 0 Å². The van der Waals surface area contributed by atoms with Gasteiger partial charge < -0.3 is 14.5 Å². The normalized spacial score (nSPS) is 26.0. The third-order valence-electron chi connectivity index (χ3n) is 5.19. The molecule has 1 aromatic rings. The van der Waals surface area contributed by atoms with Gasteiger partial charge in [-0.25, -0.2) is 0 Å². The first-order valence-electron chi connectivity index (χ1n) is 9.39. The molecule has 0 bridgehead atoms. The third-order valence-corrected chi connectivity index (χ3v) is 6.18. The van der Waals surface area contributed by atoms with E-state index < -0.39 is 0 Å². The summed E-state index contributed by atoms with van der Waals surface area (Å²) in [5, 5.41) is 0. The summed E-state index contributed by atoms with van der Waals surface area (Å²) in [7, 11) is 0. The molecule has 0 radical (unpaired) electrons. The lowest BCUT2D eigenvalue weighted by Crippen LogP contribution is -2.58. The first-order chi connectivity index (χ1) is 12.3. The molecule has 3 atom stereocenters. The molecular formula is C19H29N3O3S. The summed E-state index contributed by atoms with van der Waals surface area (Å²) in [6.45, 7) is 12.1. The zero-order valence-electron chi connectivity index (χ0n) is 16.1. The van der Waals surface area contributed by atoms with Crippen molar-refractivity contribution >= 4 is 23.2 Å². The summed E-state index contributed by atoms with van der Waals surface area (Å²) >= 11 is 1.54. The molecule has 7 heteroatoms. The second-order valence-electron chi connectivity index (χ2n) is 7.41. The van der Waals surface area contributed by atoms with E-state index in [0.29, 0.717) is 26.2 Å². The molecular weight excluding hydrogens is 350 g/mol. The van der Waals surface area contributed by atoms with Crippen LogP contribution < -0.4 is 0 Å². The summed E-state index contributed by atoms with van der Waals surface area (Å²) in [6, 6.07) is 3.73. The van der Waals surface area contributed by atoms with Crippen LogP contribution in [0.3, 0.4) is 0 Å². The van der Waals surface area contributed by atoms with Gasteiger partial charge in [0.2, 0.25) is 5.91 Å². The van der Waals surface area contributed by atoms with Gasteiger partial charge in [-0.15, -0.1) is 11.3 Å². The zero-order chi connectivity index (χ0) is 18.8. The Kier molecular flexibility index (Phi) is 5.99. The van der Waals surface area contributed by atoms with E-state index in [4.69, 9.17) is 4.74 Å². The number of amides is 2. The SMILES string of the molecule is Cc1ccc(C(=O)N2CCN(C(C)C(=O)N3CC(C)OC(C)C3)CC2)s1. The summed E-state index contributed by atoms with van der Waals surface area (Å²) in [5.41, 5.74) is 0. The number of hydrogen-bond donors (Lipinski definition) is 0. The minimum atomic E-state index is -0.159. The number of hydrogen-bond acceptors (Lipinski definition) is 5. The van der Waals surface area contributed by atoms with E-state index in [1.165, 1.54) is 0 Å². The van der Waals surface area contributed by atoms with Gasteiger partial charge in [0.05, 0.1) is 23.1 Å². The number of thiophene rings is 1. The Morgan fingerprint density at radius 3 is 2.23 bits per heavy atom. The van der Waals surface area contributed by atoms with Gasteiger partial charge in [0, 0.05) is 44.1 Å². The number of carbonyl (C=O) groups is 2. The van der Waals surface area contributed by atoms with Crippen molar-refractivity contribution in [2.75, 3.05) is 39.3 Å². The van der Waals surface area contributed by atoms with E-state index in [9.17, 15) is 9.59 Å². The molecule has 26 heavy (non-hydrogen) atoms. The van der Waals surface area contributed by atoms with Crippen molar-refractivity contribution < 1.29 is 14.3 Å². The van der Waals surface area contributed by atoms with Crippen LogP contribution in [-0.4, -0.2) is 84.0 Å². The molecule has 2 saturated heterocycles. The summed E-state index contributed by atoms with van der Waals surface area (Å²) in [4.78, 5) is 33.4. The number of rotatable bonds is 3. The Hall–Kier alpha value is -1.44. The monoisotopic (exact) mass is 379 g/mol. The van der Waals surface area contributed by atoms with Crippen LogP contribution in [-0.2, 0) is 9.53 Å². The lowest BCUT2D eigenvalue weighted by Gasteiger charge is -2.41. The Morgan fingerprint density at radius 2 is 1.69 bits per heavy atom. The summed E-state index contributed by atoms with van der Waals surface area (Å²) in [6.07, 6.45) is 0.164. The molecule has 0 aromatic carbocycles. The van der Waals surface area contributed by atoms with Gasteiger partial charge >= 0.3 is 0 Å². The molecule has 3 rings (SSSR count). The van der Waals surface area contributed by atoms with Gasteiger partial charge in [-0.05, 0) is 39.8 Å². The average molecular weight is 380 g/mol. The lowest BCUT2D eigenvalue weighted by molar-refractivity contribution is -0.148. The van der Waals surface area contributed by atoms with Crippen molar-refractivity contribution in [2.24, 2.45) is 0 Å². The molecule has 3 unspecified atom stereocenters. The maximum atomic E-state index is 12.9. The van der Waals surface area contributed by atoms with Gasteiger partial charge in [-0.3, -0.25) is 14.5 Å². The quantitative estimate of drug-likeness (QED) is 0.804. The van der Waals surface area contributed by atoms with Crippen molar-refractivity contribution in [1.29, 1.82) is 0 Å². The minimum Gasteiger partial charge on any atom is -0.372 e. The number of piperazine rings is 1. The highest BCUT2D eigenvalue weighted by Crippen LogP contribution is 2.19. The number of ether oxygens (including phenoxy) is 1. The fourth-order valence-electron chi connectivity index (χ4n) is 3.80. The molecule has 0 spiro atoms. The lowest BCUT2D eigenvalue weighted by atomic mass is 10.1. The number of carbonyl (C=O) groups excluding carboxylic acids is 2. The molecule has 0 N–H and O–H groups in total. The van der Waals surface area contributed by atoms with E-state index in [1.807, 2.05) is 49.6 Å². The molecule has 2 amide bonds. The fraction of sp³-hybridized carbons (Fsp3) is 0.684. The summed E-state index contributed by atoms with van der Waals surface area (Å²) in [5.74, 6) is 0.276.